The van der Waals surface area contributed by atoms with Crippen molar-refractivity contribution in [3.05, 3.63) is 62.1 Å². The van der Waals surface area contributed by atoms with E-state index in [0.717, 1.165) is 26.2 Å². The van der Waals surface area contributed by atoms with Gasteiger partial charge >= 0.3 is 0 Å². The first kappa shape index (κ1) is 19.6. The largest absolute Gasteiger partial charge is 0.384 e. The van der Waals surface area contributed by atoms with Crippen molar-refractivity contribution in [3.63, 3.8) is 0 Å². The number of aromatic nitrogens is 1. The zero-order valence-corrected chi connectivity index (χ0v) is 17.0. The number of carbonyl (C=O) groups is 1. The van der Waals surface area contributed by atoms with Gasteiger partial charge in [-0.15, -0.1) is 11.3 Å². The summed E-state index contributed by atoms with van der Waals surface area (Å²) in [6.45, 7) is 0.261. The minimum Gasteiger partial charge on any atom is -0.384 e. The fourth-order valence-electron chi connectivity index (χ4n) is 2.68. The molecule has 0 unspecified atom stereocenters. The maximum absolute atomic E-state index is 12.4. The Hall–Kier alpha value is -2.17. The van der Waals surface area contributed by atoms with Gasteiger partial charge in [-0.2, -0.15) is 0 Å². The van der Waals surface area contributed by atoms with Gasteiger partial charge in [-0.3, -0.25) is 4.79 Å². The Morgan fingerprint density at radius 1 is 1.37 bits per heavy atom. The number of benzene rings is 1. The van der Waals surface area contributed by atoms with Crippen LogP contribution in [0.2, 0.25) is 5.02 Å². The van der Waals surface area contributed by atoms with Crippen molar-refractivity contribution >= 4 is 51.3 Å². The summed E-state index contributed by atoms with van der Waals surface area (Å²) in [5.41, 5.74) is 1.78. The molecule has 3 rings (SSSR count). The van der Waals surface area contributed by atoms with E-state index >= 15 is 0 Å². The molecule has 0 saturated heterocycles. The average Bonchev–Trinajstić information content (AvgIpc) is 3.09. The maximum Gasteiger partial charge on any atom is 0.224 e. The Bertz CT molecular complexity index is 1110. The number of thiophene rings is 1. The van der Waals surface area contributed by atoms with Gasteiger partial charge < -0.3 is 15.0 Å². The zero-order valence-electron chi connectivity index (χ0n) is 14.6. The van der Waals surface area contributed by atoms with Crippen LogP contribution in [-0.2, 0) is 24.8 Å². The molecule has 2 N–H and O–H groups in total. The number of hydrogen-bond acceptors (Lipinski definition) is 4. The molecule has 0 fully saturated rings. The van der Waals surface area contributed by atoms with Crippen LogP contribution in [0.4, 0.5) is 0 Å². The van der Waals surface area contributed by atoms with Crippen LogP contribution in [0.5, 0.6) is 0 Å². The van der Waals surface area contributed by atoms with Gasteiger partial charge in [0.05, 0.1) is 15.8 Å². The minimum atomic E-state index is -0.180. The van der Waals surface area contributed by atoms with Crippen molar-refractivity contribution in [3.8, 4) is 11.8 Å². The monoisotopic (exact) mass is 416 g/mol. The van der Waals surface area contributed by atoms with E-state index in [-0.39, 0.29) is 18.9 Å². The van der Waals surface area contributed by atoms with Gasteiger partial charge in [0, 0.05) is 30.2 Å². The highest BCUT2D eigenvalue weighted by molar-refractivity contribution is 7.71. The molecule has 138 valence electrons. The first-order valence-corrected chi connectivity index (χ1v) is 9.81. The van der Waals surface area contributed by atoms with Crippen molar-refractivity contribution in [1.29, 1.82) is 0 Å². The van der Waals surface area contributed by atoms with Crippen LogP contribution in [0.3, 0.4) is 0 Å². The second kappa shape index (κ2) is 8.68. The van der Waals surface area contributed by atoms with E-state index in [2.05, 4.69) is 17.2 Å². The predicted molar refractivity (Wildman–Crippen MR) is 113 cm³/mol. The molecule has 0 radical (unpaired) electrons. The number of rotatable bonds is 4. The summed E-state index contributed by atoms with van der Waals surface area (Å²) in [6.07, 6.45) is 2.11. The molecule has 7 heteroatoms. The van der Waals surface area contributed by atoms with Gasteiger partial charge in [-0.25, -0.2) is 0 Å². The number of pyridine rings is 1. The quantitative estimate of drug-likeness (QED) is 0.502. The number of fused-ring (bicyclic) bond motifs is 1. The number of carbonyl (C=O) groups excluding carboxylic acids is 1. The molecule has 0 atom stereocenters. The highest BCUT2D eigenvalue weighted by Gasteiger charge is 2.11. The number of amides is 1. The standard InChI is InChI=1S/C20H17ClN2O2S2/c1-23-12-14(9-18(25)22-11-13-4-6-15(21)7-5-13)19(26)17-10-16(3-2-8-24)27-20(17)23/h4-7,10,12,24H,8-9,11H2,1H3,(H,22,25). The van der Waals surface area contributed by atoms with Gasteiger partial charge in [-0.05, 0) is 29.3 Å². The smallest absolute Gasteiger partial charge is 0.224 e. The van der Waals surface area contributed by atoms with Gasteiger partial charge in [0.2, 0.25) is 5.91 Å². The first-order valence-electron chi connectivity index (χ1n) is 8.21. The molecule has 0 saturated carbocycles. The third-order valence-electron chi connectivity index (χ3n) is 3.96. The summed E-state index contributed by atoms with van der Waals surface area (Å²) in [5.74, 6) is 5.47. The number of hydrogen-bond donors (Lipinski definition) is 2. The Kier molecular flexibility index (Phi) is 6.30. The van der Waals surface area contributed by atoms with Crippen LogP contribution in [-0.4, -0.2) is 22.2 Å². The van der Waals surface area contributed by atoms with E-state index in [1.54, 1.807) is 12.1 Å². The van der Waals surface area contributed by atoms with Crippen LogP contribution >= 0.6 is 35.2 Å². The Morgan fingerprint density at radius 3 is 2.81 bits per heavy atom. The fraction of sp³-hybridized carbons (Fsp3) is 0.200. The lowest BCUT2D eigenvalue weighted by atomic mass is 10.1. The second-order valence-corrected chi connectivity index (χ2v) is 7.84. The van der Waals surface area contributed by atoms with E-state index in [1.807, 2.05) is 36.0 Å². The lowest BCUT2D eigenvalue weighted by Crippen LogP contribution is -2.24. The van der Waals surface area contributed by atoms with Crippen molar-refractivity contribution < 1.29 is 9.90 Å². The third-order valence-corrected chi connectivity index (χ3v) is 5.84. The van der Waals surface area contributed by atoms with Crippen molar-refractivity contribution in [2.24, 2.45) is 7.05 Å². The molecule has 0 aliphatic carbocycles. The van der Waals surface area contributed by atoms with E-state index in [9.17, 15) is 4.79 Å². The Morgan fingerprint density at radius 2 is 2.11 bits per heavy atom. The average molecular weight is 417 g/mol. The number of aliphatic hydroxyl groups excluding tert-OH is 1. The van der Waals surface area contributed by atoms with E-state index in [0.29, 0.717) is 16.1 Å². The maximum atomic E-state index is 12.4. The van der Waals surface area contributed by atoms with Crippen LogP contribution in [0.1, 0.15) is 16.0 Å². The number of aliphatic hydroxyl groups is 1. The molecule has 0 bridgehead atoms. The molecule has 3 aromatic rings. The number of nitrogens with zero attached hydrogens (tertiary/aromatic N) is 1. The van der Waals surface area contributed by atoms with Gasteiger partial charge in [0.25, 0.3) is 0 Å². The van der Waals surface area contributed by atoms with Gasteiger partial charge in [-0.1, -0.05) is 47.8 Å². The van der Waals surface area contributed by atoms with Crippen LogP contribution in [0, 0.1) is 16.4 Å². The topological polar surface area (TPSA) is 54.3 Å². The number of nitrogens with one attached hydrogen (secondary N) is 1. The van der Waals surface area contributed by atoms with Crippen LogP contribution < -0.4 is 5.32 Å². The molecular weight excluding hydrogens is 400 g/mol. The minimum absolute atomic E-state index is 0.0917. The van der Waals surface area contributed by atoms with Gasteiger partial charge in [0.1, 0.15) is 11.4 Å². The fourth-order valence-corrected chi connectivity index (χ4v) is 4.13. The first-order chi connectivity index (χ1) is 13.0. The highest BCUT2D eigenvalue weighted by atomic mass is 35.5. The molecule has 2 aromatic heterocycles. The summed E-state index contributed by atoms with van der Waals surface area (Å²) in [6, 6.07) is 9.28. The van der Waals surface area contributed by atoms with E-state index < -0.39 is 0 Å². The van der Waals surface area contributed by atoms with E-state index in [4.69, 9.17) is 28.9 Å². The molecule has 27 heavy (non-hydrogen) atoms. The van der Waals surface area contributed by atoms with Crippen molar-refractivity contribution in [2.45, 2.75) is 13.0 Å². The summed E-state index contributed by atoms with van der Waals surface area (Å²) in [5, 5.41) is 13.3. The van der Waals surface area contributed by atoms with Gasteiger partial charge in [0.15, 0.2) is 0 Å². The lowest BCUT2D eigenvalue weighted by Gasteiger charge is -2.09. The molecule has 0 spiro atoms. The SMILES string of the molecule is Cn1cc(CC(=O)NCc2ccc(Cl)cc2)c(=S)c2cc(C#CCO)sc21. The van der Waals surface area contributed by atoms with Crippen LogP contribution in [0.15, 0.2) is 36.5 Å². The molecule has 4 nitrogen and oxygen atoms in total. The van der Waals surface area contributed by atoms with E-state index in [1.165, 1.54) is 11.3 Å². The summed E-state index contributed by atoms with van der Waals surface area (Å²) < 4.78 is 2.62. The molecule has 1 amide bonds. The van der Waals surface area contributed by atoms with Crippen molar-refractivity contribution in [2.75, 3.05) is 6.61 Å². The molecule has 2 heterocycles. The third kappa shape index (κ3) is 4.76. The Balaban J connectivity index is 1.77. The molecule has 1 aromatic carbocycles. The molecule has 0 aliphatic heterocycles. The number of halogens is 1. The molecule has 0 aliphatic rings. The summed E-state index contributed by atoms with van der Waals surface area (Å²) in [7, 11) is 1.92. The molecular formula is C20H17ClN2O2S2. The highest BCUT2D eigenvalue weighted by Crippen LogP contribution is 2.27. The zero-order chi connectivity index (χ0) is 19.4. The normalized spacial score (nSPS) is 10.5. The Labute approximate surface area is 171 Å². The summed E-state index contributed by atoms with van der Waals surface area (Å²) >= 11 is 13.0. The number of aryl methyl sites for hydroxylation is 1. The predicted octanol–water partition coefficient (Wildman–Crippen LogP) is 3.83. The second-order valence-electron chi connectivity index (χ2n) is 5.96. The van der Waals surface area contributed by atoms with Crippen LogP contribution in [0.25, 0.3) is 10.2 Å². The lowest BCUT2D eigenvalue weighted by molar-refractivity contribution is -0.120. The van der Waals surface area contributed by atoms with Crippen molar-refractivity contribution in [1.82, 2.24) is 9.88 Å². The summed E-state index contributed by atoms with van der Waals surface area (Å²) in [4.78, 5) is 14.2.